The van der Waals surface area contributed by atoms with Crippen molar-refractivity contribution in [1.82, 2.24) is 10.2 Å². The first-order valence-corrected chi connectivity index (χ1v) is 5.06. The Morgan fingerprint density at radius 1 is 1.36 bits per heavy atom. The van der Waals surface area contributed by atoms with E-state index >= 15 is 0 Å². The lowest BCUT2D eigenvalue weighted by molar-refractivity contribution is 0.705. The summed E-state index contributed by atoms with van der Waals surface area (Å²) in [6, 6.07) is 2.00. The summed E-state index contributed by atoms with van der Waals surface area (Å²) in [5.74, 6) is 0.859. The molecule has 0 amide bonds. The Balaban J connectivity index is 2.18. The molecule has 1 heterocycles. The molecule has 0 unspecified atom stereocenters. The van der Waals surface area contributed by atoms with Crippen LogP contribution in [0, 0.1) is 6.92 Å². The van der Waals surface area contributed by atoms with Gasteiger partial charge < -0.3 is 11.1 Å². The number of nitrogens with zero attached hydrogens (tertiary/aromatic N) is 2. The van der Waals surface area contributed by atoms with Gasteiger partial charge in [-0.3, -0.25) is 0 Å². The van der Waals surface area contributed by atoms with Crippen molar-refractivity contribution in [2.24, 2.45) is 5.73 Å². The molecule has 0 aliphatic carbocycles. The van der Waals surface area contributed by atoms with Crippen LogP contribution in [-0.2, 0) is 0 Å². The number of aryl methyl sites for hydroxylation is 1. The number of unbranched alkanes of at least 4 members (excludes halogenated alkanes) is 2. The summed E-state index contributed by atoms with van der Waals surface area (Å²) in [5, 5.41) is 11.1. The molecular formula is C10H18N4. The summed E-state index contributed by atoms with van der Waals surface area (Å²) in [5.41, 5.74) is 6.53. The van der Waals surface area contributed by atoms with Crippen molar-refractivity contribution in [2.75, 3.05) is 18.4 Å². The maximum atomic E-state index is 5.40. The number of hydrogen-bond donors (Lipinski definition) is 2. The van der Waals surface area contributed by atoms with E-state index in [1.54, 1.807) is 6.20 Å². The number of aromatic nitrogens is 2. The standard InChI is InChI=1S/C10H18N4/c1-9-7-10(14-13-8-9)12-6-4-2-3-5-11/h7-8H,2-6,11H2,1H3,(H,12,14). The summed E-state index contributed by atoms with van der Waals surface area (Å²) < 4.78 is 0. The number of hydrogen-bond acceptors (Lipinski definition) is 4. The smallest absolute Gasteiger partial charge is 0.148 e. The van der Waals surface area contributed by atoms with Gasteiger partial charge in [-0.2, -0.15) is 5.10 Å². The lowest BCUT2D eigenvalue weighted by Gasteiger charge is -2.04. The average molecular weight is 194 g/mol. The van der Waals surface area contributed by atoms with Crippen LogP contribution in [-0.4, -0.2) is 23.3 Å². The monoisotopic (exact) mass is 194 g/mol. The number of nitrogens with one attached hydrogen (secondary N) is 1. The van der Waals surface area contributed by atoms with Crippen molar-refractivity contribution in [1.29, 1.82) is 0 Å². The topological polar surface area (TPSA) is 63.8 Å². The molecule has 0 radical (unpaired) electrons. The summed E-state index contributed by atoms with van der Waals surface area (Å²) in [4.78, 5) is 0. The van der Waals surface area contributed by atoms with E-state index in [-0.39, 0.29) is 0 Å². The fourth-order valence-electron chi connectivity index (χ4n) is 1.21. The van der Waals surface area contributed by atoms with Crippen molar-refractivity contribution in [3.8, 4) is 0 Å². The molecule has 0 aromatic carbocycles. The molecule has 0 atom stereocenters. The minimum atomic E-state index is 0.782. The second-order valence-electron chi connectivity index (χ2n) is 3.39. The van der Waals surface area contributed by atoms with E-state index < -0.39 is 0 Å². The van der Waals surface area contributed by atoms with E-state index in [4.69, 9.17) is 5.73 Å². The van der Waals surface area contributed by atoms with Crippen molar-refractivity contribution in [3.63, 3.8) is 0 Å². The van der Waals surface area contributed by atoms with Crippen molar-refractivity contribution < 1.29 is 0 Å². The minimum absolute atomic E-state index is 0.782. The van der Waals surface area contributed by atoms with Gasteiger partial charge in [0.25, 0.3) is 0 Å². The molecule has 3 N–H and O–H groups in total. The normalized spacial score (nSPS) is 10.1. The van der Waals surface area contributed by atoms with Gasteiger partial charge >= 0.3 is 0 Å². The van der Waals surface area contributed by atoms with Crippen LogP contribution < -0.4 is 11.1 Å². The van der Waals surface area contributed by atoms with Gasteiger partial charge in [0.2, 0.25) is 0 Å². The largest absolute Gasteiger partial charge is 0.369 e. The van der Waals surface area contributed by atoms with E-state index in [2.05, 4.69) is 15.5 Å². The predicted molar refractivity (Wildman–Crippen MR) is 58.2 cm³/mol. The van der Waals surface area contributed by atoms with Gasteiger partial charge in [-0.1, -0.05) is 6.42 Å². The molecule has 1 aromatic heterocycles. The molecule has 0 spiro atoms. The van der Waals surface area contributed by atoms with E-state index in [1.807, 2.05) is 13.0 Å². The van der Waals surface area contributed by atoms with Gasteiger partial charge in [-0.05, 0) is 37.9 Å². The lowest BCUT2D eigenvalue weighted by Crippen LogP contribution is -2.05. The first kappa shape index (κ1) is 10.9. The Morgan fingerprint density at radius 3 is 2.93 bits per heavy atom. The molecule has 0 aliphatic heterocycles. The fraction of sp³-hybridized carbons (Fsp3) is 0.600. The second-order valence-corrected chi connectivity index (χ2v) is 3.39. The van der Waals surface area contributed by atoms with Gasteiger partial charge in [0, 0.05) is 6.54 Å². The molecule has 78 valence electrons. The predicted octanol–water partition coefficient (Wildman–Crippen LogP) is 1.33. The van der Waals surface area contributed by atoms with Crippen LogP contribution in [0.5, 0.6) is 0 Å². The Labute approximate surface area is 84.9 Å². The van der Waals surface area contributed by atoms with E-state index in [0.29, 0.717) is 0 Å². The maximum absolute atomic E-state index is 5.40. The second kappa shape index (κ2) is 6.32. The zero-order valence-electron chi connectivity index (χ0n) is 8.66. The highest BCUT2D eigenvalue weighted by molar-refractivity contribution is 5.34. The van der Waals surface area contributed by atoms with Crippen LogP contribution in [0.25, 0.3) is 0 Å². The Morgan fingerprint density at radius 2 is 2.21 bits per heavy atom. The van der Waals surface area contributed by atoms with Crippen LogP contribution in [0.3, 0.4) is 0 Å². The quantitative estimate of drug-likeness (QED) is 0.670. The van der Waals surface area contributed by atoms with E-state index in [1.165, 1.54) is 6.42 Å². The van der Waals surface area contributed by atoms with Crippen LogP contribution >= 0.6 is 0 Å². The third-order valence-corrected chi connectivity index (χ3v) is 1.98. The zero-order valence-corrected chi connectivity index (χ0v) is 8.66. The molecular weight excluding hydrogens is 176 g/mol. The van der Waals surface area contributed by atoms with Gasteiger partial charge in [0.05, 0.1) is 6.20 Å². The molecule has 0 bridgehead atoms. The van der Waals surface area contributed by atoms with Gasteiger partial charge in [0.15, 0.2) is 0 Å². The average Bonchev–Trinajstić information content (AvgIpc) is 2.18. The molecule has 0 saturated heterocycles. The molecule has 4 heteroatoms. The SMILES string of the molecule is Cc1cnnc(NCCCCCN)c1. The first-order valence-electron chi connectivity index (χ1n) is 5.06. The molecule has 1 rings (SSSR count). The first-order chi connectivity index (χ1) is 6.83. The maximum Gasteiger partial charge on any atom is 0.148 e. The number of rotatable bonds is 6. The van der Waals surface area contributed by atoms with Crippen molar-refractivity contribution in [2.45, 2.75) is 26.2 Å². The minimum Gasteiger partial charge on any atom is -0.369 e. The van der Waals surface area contributed by atoms with Crippen molar-refractivity contribution >= 4 is 5.82 Å². The van der Waals surface area contributed by atoms with Crippen molar-refractivity contribution in [3.05, 3.63) is 17.8 Å². The van der Waals surface area contributed by atoms with E-state index in [0.717, 1.165) is 37.3 Å². The number of anilines is 1. The Kier molecular flexibility index (Phi) is 4.93. The summed E-state index contributed by atoms with van der Waals surface area (Å²) in [6.07, 6.45) is 5.15. The van der Waals surface area contributed by atoms with Crippen LogP contribution in [0.4, 0.5) is 5.82 Å². The third kappa shape index (κ3) is 4.18. The highest BCUT2D eigenvalue weighted by Gasteiger charge is 1.93. The molecule has 4 nitrogen and oxygen atoms in total. The molecule has 0 saturated carbocycles. The highest BCUT2D eigenvalue weighted by Crippen LogP contribution is 2.03. The number of nitrogens with two attached hydrogens (primary N) is 1. The molecule has 0 fully saturated rings. The van der Waals surface area contributed by atoms with E-state index in [9.17, 15) is 0 Å². The van der Waals surface area contributed by atoms with Crippen LogP contribution in [0.1, 0.15) is 24.8 Å². The molecule has 14 heavy (non-hydrogen) atoms. The highest BCUT2D eigenvalue weighted by atomic mass is 15.2. The van der Waals surface area contributed by atoms with Gasteiger partial charge in [0.1, 0.15) is 5.82 Å². The van der Waals surface area contributed by atoms with Crippen LogP contribution in [0.2, 0.25) is 0 Å². The van der Waals surface area contributed by atoms with Crippen LogP contribution in [0.15, 0.2) is 12.3 Å². The Hall–Kier alpha value is -1.16. The Bertz CT molecular complexity index is 262. The third-order valence-electron chi connectivity index (χ3n) is 1.98. The zero-order chi connectivity index (χ0) is 10.2. The summed E-state index contributed by atoms with van der Waals surface area (Å²) in [6.45, 7) is 3.73. The summed E-state index contributed by atoms with van der Waals surface area (Å²) in [7, 11) is 0. The van der Waals surface area contributed by atoms with Gasteiger partial charge in [-0.25, -0.2) is 0 Å². The molecule has 0 aliphatic rings. The van der Waals surface area contributed by atoms with Gasteiger partial charge in [-0.15, -0.1) is 5.10 Å². The lowest BCUT2D eigenvalue weighted by atomic mass is 10.2. The fourth-order valence-corrected chi connectivity index (χ4v) is 1.21. The molecule has 1 aromatic rings. The summed E-state index contributed by atoms with van der Waals surface area (Å²) >= 11 is 0.